The number of nitrogens with one attached hydrogen (secondary N) is 2. The number of hydrogen-bond donors (Lipinski definition) is 3. The fraction of sp³-hybridized carbons (Fsp3) is 0.562. The number of hydrogen-bond acceptors (Lipinski definition) is 5. The number of unbranched alkanes of at least 4 members (excludes halogenated alkanes) is 2. The Kier molecular flexibility index (Phi) is 8.17. The molecule has 0 radical (unpaired) electrons. The zero-order valence-electron chi connectivity index (χ0n) is 14.3. The molecule has 1 aromatic rings. The van der Waals surface area contributed by atoms with Crippen molar-refractivity contribution in [2.75, 3.05) is 25.6 Å². The Morgan fingerprint density at radius 3 is 2.62 bits per heavy atom. The van der Waals surface area contributed by atoms with Crippen LogP contribution in [0, 0.1) is 0 Å². The van der Waals surface area contributed by atoms with Gasteiger partial charge in [-0.2, -0.15) is 0 Å². The minimum Gasteiger partial charge on any atom is -0.478 e. The van der Waals surface area contributed by atoms with Gasteiger partial charge < -0.3 is 15.2 Å². The van der Waals surface area contributed by atoms with Crippen molar-refractivity contribution in [2.45, 2.75) is 44.0 Å². The molecule has 0 heterocycles. The van der Waals surface area contributed by atoms with Crippen molar-refractivity contribution < 1.29 is 23.1 Å². The van der Waals surface area contributed by atoms with Crippen LogP contribution in [0.1, 0.15) is 43.5 Å². The quantitative estimate of drug-likeness (QED) is 0.524. The van der Waals surface area contributed by atoms with E-state index in [2.05, 4.69) is 17.0 Å². The predicted molar refractivity (Wildman–Crippen MR) is 93.1 cm³/mol. The van der Waals surface area contributed by atoms with Crippen molar-refractivity contribution in [3.63, 3.8) is 0 Å². The number of carboxylic acids is 1. The summed E-state index contributed by atoms with van der Waals surface area (Å²) in [6, 6.07) is 3.65. The normalized spacial score (nSPS) is 12.8. The first-order valence-electron chi connectivity index (χ1n) is 7.94. The number of ether oxygens (including phenoxy) is 1. The summed E-state index contributed by atoms with van der Waals surface area (Å²) in [5.41, 5.74) is 0.358. The minimum atomic E-state index is -3.80. The van der Waals surface area contributed by atoms with E-state index in [0.29, 0.717) is 12.2 Å². The lowest BCUT2D eigenvalue weighted by molar-refractivity contribution is 0.0697. The zero-order valence-corrected chi connectivity index (χ0v) is 15.1. The SMILES string of the molecule is CCCCCNc1ccc(S(=O)(=O)N[C@H](C)COC)cc1C(=O)O. The summed E-state index contributed by atoms with van der Waals surface area (Å²) in [5.74, 6) is -1.17. The maximum atomic E-state index is 12.3. The molecule has 0 aliphatic carbocycles. The molecule has 7 nitrogen and oxygen atoms in total. The lowest BCUT2D eigenvalue weighted by atomic mass is 10.1. The van der Waals surface area contributed by atoms with Gasteiger partial charge in [0.25, 0.3) is 0 Å². The third kappa shape index (κ3) is 6.10. The van der Waals surface area contributed by atoms with Crippen LogP contribution >= 0.6 is 0 Å². The standard InChI is InChI=1S/C16H26N2O5S/c1-4-5-6-9-17-15-8-7-13(10-14(15)16(19)20)24(21,22)18-12(2)11-23-3/h7-8,10,12,17-18H,4-6,9,11H2,1-3H3,(H,19,20)/t12-/m1/s1. The molecule has 0 unspecified atom stereocenters. The topological polar surface area (TPSA) is 105 Å². The van der Waals surface area contributed by atoms with Gasteiger partial charge in [-0.25, -0.2) is 17.9 Å². The van der Waals surface area contributed by atoms with E-state index < -0.39 is 22.0 Å². The van der Waals surface area contributed by atoms with Gasteiger partial charge in [0.1, 0.15) is 0 Å². The first kappa shape index (κ1) is 20.4. The van der Waals surface area contributed by atoms with Gasteiger partial charge in [0, 0.05) is 25.4 Å². The molecule has 8 heteroatoms. The Balaban J connectivity index is 2.98. The van der Waals surface area contributed by atoms with E-state index in [0.717, 1.165) is 19.3 Å². The Morgan fingerprint density at radius 2 is 2.04 bits per heavy atom. The van der Waals surface area contributed by atoms with Crippen LogP contribution < -0.4 is 10.0 Å². The van der Waals surface area contributed by atoms with E-state index in [9.17, 15) is 18.3 Å². The number of sulfonamides is 1. The van der Waals surface area contributed by atoms with E-state index in [1.165, 1.54) is 25.3 Å². The Hall–Kier alpha value is -1.64. The van der Waals surface area contributed by atoms with Crippen molar-refractivity contribution in [2.24, 2.45) is 0 Å². The van der Waals surface area contributed by atoms with Gasteiger partial charge in [0.15, 0.2) is 0 Å². The Morgan fingerprint density at radius 1 is 1.33 bits per heavy atom. The van der Waals surface area contributed by atoms with Crippen molar-refractivity contribution in [3.8, 4) is 0 Å². The number of carbonyl (C=O) groups is 1. The second-order valence-corrected chi connectivity index (χ2v) is 7.34. The monoisotopic (exact) mass is 358 g/mol. The fourth-order valence-electron chi connectivity index (χ4n) is 2.24. The molecule has 1 atom stereocenters. The van der Waals surface area contributed by atoms with Crippen molar-refractivity contribution in [1.29, 1.82) is 0 Å². The maximum Gasteiger partial charge on any atom is 0.337 e. The molecule has 1 rings (SSSR count). The molecule has 1 aromatic carbocycles. The van der Waals surface area contributed by atoms with Crippen molar-refractivity contribution in [1.82, 2.24) is 4.72 Å². The smallest absolute Gasteiger partial charge is 0.337 e. The molecule has 0 fully saturated rings. The highest BCUT2D eigenvalue weighted by molar-refractivity contribution is 7.89. The van der Waals surface area contributed by atoms with E-state index >= 15 is 0 Å². The van der Waals surface area contributed by atoms with E-state index in [1.54, 1.807) is 6.92 Å². The third-order valence-corrected chi connectivity index (χ3v) is 4.99. The van der Waals surface area contributed by atoms with Gasteiger partial charge in [-0.15, -0.1) is 0 Å². The van der Waals surface area contributed by atoms with Crippen LogP contribution in [0.3, 0.4) is 0 Å². The summed E-state index contributed by atoms with van der Waals surface area (Å²) >= 11 is 0. The summed E-state index contributed by atoms with van der Waals surface area (Å²) in [4.78, 5) is 11.4. The molecule has 0 aliphatic rings. The van der Waals surface area contributed by atoms with E-state index in [-0.39, 0.29) is 17.1 Å². The molecule has 136 valence electrons. The van der Waals surface area contributed by atoms with Crippen molar-refractivity contribution in [3.05, 3.63) is 23.8 Å². The molecule has 0 aromatic heterocycles. The Bertz CT molecular complexity index is 646. The van der Waals surface area contributed by atoms with E-state index in [4.69, 9.17) is 4.74 Å². The van der Waals surface area contributed by atoms with Gasteiger partial charge >= 0.3 is 5.97 Å². The molecule has 0 spiro atoms. The summed E-state index contributed by atoms with van der Waals surface area (Å²) in [5, 5.41) is 12.4. The highest BCUT2D eigenvalue weighted by atomic mass is 32.2. The maximum absolute atomic E-state index is 12.3. The number of rotatable bonds is 11. The van der Waals surface area contributed by atoms with Gasteiger partial charge in [0.2, 0.25) is 10.0 Å². The summed E-state index contributed by atoms with van der Waals surface area (Å²) in [6.45, 7) is 4.62. The second-order valence-electron chi connectivity index (χ2n) is 5.62. The molecular formula is C16H26N2O5S. The molecule has 0 saturated carbocycles. The summed E-state index contributed by atoms with van der Waals surface area (Å²) < 4.78 is 32.0. The number of anilines is 1. The van der Waals surface area contributed by atoms with Crippen LogP contribution in [0.5, 0.6) is 0 Å². The number of carboxylic acid groups (broad SMARTS) is 1. The minimum absolute atomic E-state index is 0.0613. The lowest BCUT2D eigenvalue weighted by Gasteiger charge is -2.15. The van der Waals surface area contributed by atoms with Gasteiger partial charge in [-0.05, 0) is 31.5 Å². The molecule has 0 aliphatic heterocycles. The highest BCUT2D eigenvalue weighted by Crippen LogP contribution is 2.21. The number of methoxy groups -OCH3 is 1. The number of benzene rings is 1. The first-order valence-corrected chi connectivity index (χ1v) is 9.42. The average molecular weight is 358 g/mol. The zero-order chi connectivity index (χ0) is 18.2. The van der Waals surface area contributed by atoms with Crippen molar-refractivity contribution >= 4 is 21.7 Å². The van der Waals surface area contributed by atoms with Crippen LogP contribution in [0.2, 0.25) is 0 Å². The molecule has 24 heavy (non-hydrogen) atoms. The van der Waals surface area contributed by atoms with Crippen LogP contribution in [0.25, 0.3) is 0 Å². The first-order chi connectivity index (χ1) is 11.3. The molecular weight excluding hydrogens is 332 g/mol. The molecule has 0 amide bonds. The lowest BCUT2D eigenvalue weighted by Crippen LogP contribution is -2.35. The largest absolute Gasteiger partial charge is 0.478 e. The predicted octanol–water partition coefficient (Wildman–Crippen LogP) is 2.30. The third-order valence-electron chi connectivity index (χ3n) is 3.40. The highest BCUT2D eigenvalue weighted by Gasteiger charge is 2.20. The van der Waals surface area contributed by atoms with Gasteiger partial charge in [-0.1, -0.05) is 19.8 Å². The molecule has 0 bridgehead atoms. The number of aromatic carboxylic acids is 1. The van der Waals surface area contributed by atoms with E-state index in [1.807, 2.05) is 0 Å². The fourth-order valence-corrected chi connectivity index (χ4v) is 3.49. The molecule has 0 saturated heterocycles. The second kappa shape index (κ2) is 9.61. The van der Waals surface area contributed by atoms with Gasteiger partial charge in [0.05, 0.1) is 17.1 Å². The summed E-state index contributed by atoms with van der Waals surface area (Å²) in [7, 11) is -2.33. The molecule has 3 N–H and O–H groups in total. The average Bonchev–Trinajstić information content (AvgIpc) is 2.51. The summed E-state index contributed by atoms with van der Waals surface area (Å²) in [6.07, 6.45) is 3.03. The van der Waals surface area contributed by atoms with Crippen LogP contribution in [-0.4, -0.2) is 45.8 Å². The van der Waals surface area contributed by atoms with Crippen LogP contribution in [0.15, 0.2) is 23.1 Å². The van der Waals surface area contributed by atoms with Crippen LogP contribution in [0.4, 0.5) is 5.69 Å². The van der Waals surface area contributed by atoms with Crippen LogP contribution in [-0.2, 0) is 14.8 Å². The Labute approximate surface area is 143 Å². The van der Waals surface area contributed by atoms with Gasteiger partial charge in [-0.3, -0.25) is 0 Å².